The Morgan fingerprint density at radius 1 is 1.07 bits per heavy atom. The van der Waals surface area contributed by atoms with Gasteiger partial charge in [0.05, 0.1) is 25.3 Å². The fourth-order valence-corrected chi connectivity index (χ4v) is 2.32. The van der Waals surface area contributed by atoms with E-state index in [4.69, 9.17) is 5.11 Å². The van der Waals surface area contributed by atoms with Gasteiger partial charge in [0.2, 0.25) is 5.91 Å². The van der Waals surface area contributed by atoms with Crippen molar-refractivity contribution in [3.63, 3.8) is 0 Å². The minimum Gasteiger partial charge on any atom is -0.477 e. The van der Waals surface area contributed by atoms with E-state index in [-0.39, 0.29) is 22.5 Å². The molecule has 10 heteroatoms. The summed E-state index contributed by atoms with van der Waals surface area (Å²) in [5, 5.41) is 15.5. The second-order valence-electron chi connectivity index (χ2n) is 5.41. The van der Waals surface area contributed by atoms with Crippen molar-refractivity contribution in [2.24, 2.45) is 0 Å². The molecule has 0 bridgehead atoms. The van der Waals surface area contributed by atoms with Crippen LogP contribution in [-0.2, 0) is 14.3 Å². The Kier molecular flexibility index (Phi) is 5.91. The lowest BCUT2D eigenvalue weighted by molar-refractivity contribution is -0.119. The summed E-state index contributed by atoms with van der Waals surface area (Å²) < 4.78 is 10.3. The van der Waals surface area contributed by atoms with Gasteiger partial charge in [-0.05, 0) is 31.2 Å². The number of amides is 1. The number of carboxylic acids is 1. The quantitative estimate of drug-likeness (QED) is 0.722. The van der Waals surface area contributed by atoms with Crippen LogP contribution in [0.2, 0.25) is 0 Å². The van der Waals surface area contributed by atoms with E-state index >= 15 is 0 Å². The maximum absolute atomic E-state index is 12.5. The molecule has 0 saturated carbocycles. The number of aromatic nitrogens is 2. The Labute approximate surface area is 153 Å². The number of benzene rings is 1. The Balaban J connectivity index is 2.33. The Bertz CT molecular complexity index is 869. The number of rotatable bonds is 6. The van der Waals surface area contributed by atoms with E-state index in [0.29, 0.717) is 0 Å². The van der Waals surface area contributed by atoms with E-state index in [9.17, 15) is 19.2 Å². The first-order valence-corrected chi connectivity index (χ1v) is 7.67. The Morgan fingerprint density at radius 2 is 1.63 bits per heavy atom. The third-order valence-electron chi connectivity index (χ3n) is 3.68. The first kappa shape index (κ1) is 19.6. The fraction of sp³-hybridized carbons (Fsp3) is 0.235. The first-order valence-electron chi connectivity index (χ1n) is 7.67. The van der Waals surface area contributed by atoms with Crippen LogP contribution in [-0.4, -0.2) is 52.9 Å². The molecule has 0 saturated heterocycles. The Hall–Kier alpha value is -3.69. The fourth-order valence-electron chi connectivity index (χ4n) is 2.32. The van der Waals surface area contributed by atoms with Crippen LogP contribution in [0.25, 0.3) is 0 Å². The number of carboxylic acid groups (broad SMARTS) is 1. The van der Waals surface area contributed by atoms with Crippen LogP contribution in [0.4, 0.5) is 5.69 Å². The molecule has 0 aliphatic rings. The maximum atomic E-state index is 12.5. The predicted molar refractivity (Wildman–Crippen MR) is 91.6 cm³/mol. The summed E-state index contributed by atoms with van der Waals surface area (Å²) in [6.07, 6.45) is 1.26. The highest BCUT2D eigenvalue weighted by Crippen LogP contribution is 2.19. The van der Waals surface area contributed by atoms with Crippen LogP contribution in [0, 0.1) is 0 Å². The van der Waals surface area contributed by atoms with Crippen LogP contribution >= 0.6 is 0 Å². The summed E-state index contributed by atoms with van der Waals surface area (Å²) in [7, 11) is 2.36. The molecule has 0 radical (unpaired) electrons. The largest absolute Gasteiger partial charge is 0.477 e. The molecule has 1 atom stereocenters. The second kappa shape index (κ2) is 8.13. The molecule has 142 valence electrons. The molecule has 1 aromatic heterocycles. The minimum atomic E-state index is -1.23. The highest BCUT2D eigenvalue weighted by Gasteiger charge is 2.22. The standard InChI is InChI=1S/C17H17N3O7/c1-9(20-13(15(22)23)4-5-18-20)14(21)19-12-7-10(16(24)26-2)6-11(8-12)17(25)27-3/h4-9H,1-3H3,(H,19,21)(H,22,23). The summed E-state index contributed by atoms with van der Waals surface area (Å²) in [5.41, 5.74) is 0.0535. The molecule has 1 aromatic carbocycles. The smallest absolute Gasteiger partial charge is 0.354 e. The zero-order chi connectivity index (χ0) is 20.1. The topological polar surface area (TPSA) is 137 Å². The number of carbonyl (C=O) groups excluding carboxylic acids is 3. The lowest BCUT2D eigenvalue weighted by atomic mass is 10.1. The summed E-state index contributed by atoms with van der Waals surface area (Å²) >= 11 is 0. The lowest BCUT2D eigenvalue weighted by Crippen LogP contribution is -2.27. The summed E-state index contributed by atoms with van der Waals surface area (Å²) in [5.74, 6) is -3.24. The van der Waals surface area contributed by atoms with Crippen molar-refractivity contribution >= 4 is 29.5 Å². The van der Waals surface area contributed by atoms with Crippen molar-refractivity contribution in [3.05, 3.63) is 47.3 Å². The molecule has 0 spiro atoms. The molecule has 0 aliphatic heterocycles. The van der Waals surface area contributed by atoms with Crippen molar-refractivity contribution in [1.29, 1.82) is 0 Å². The number of nitrogens with zero attached hydrogens (tertiary/aromatic N) is 2. The van der Waals surface area contributed by atoms with Crippen LogP contribution in [0.15, 0.2) is 30.5 Å². The average Bonchev–Trinajstić information content (AvgIpc) is 3.15. The van der Waals surface area contributed by atoms with Crippen LogP contribution in [0.1, 0.15) is 44.2 Å². The molecule has 1 unspecified atom stereocenters. The molecule has 0 aliphatic carbocycles. The molecule has 2 rings (SSSR count). The molecule has 1 heterocycles. The molecule has 27 heavy (non-hydrogen) atoms. The van der Waals surface area contributed by atoms with Gasteiger partial charge in [-0.15, -0.1) is 0 Å². The normalized spacial score (nSPS) is 11.4. The van der Waals surface area contributed by atoms with Crippen LogP contribution in [0.5, 0.6) is 0 Å². The molecular weight excluding hydrogens is 358 g/mol. The number of ether oxygens (including phenoxy) is 2. The number of nitrogens with one attached hydrogen (secondary N) is 1. The zero-order valence-corrected chi connectivity index (χ0v) is 14.8. The van der Waals surface area contributed by atoms with Gasteiger partial charge in [-0.1, -0.05) is 0 Å². The van der Waals surface area contributed by atoms with E-state index in [1.54, 1.807) is 0 Å². The van der Waals surface area contributed by atoms with Gasteiger partial charge in [0, 0.05) is 11.9 Å². The van der Waals surface area contributed by atoms with Gasteiger partial charge in [-0.2, -0.15) is 5.10 Å². The number of hydrogen-bond acceptors (Lipinski definition) is 7. The van der Waals surface area contributed by atoms with Crippen molar-refractivity contribution < 1.29 is 33.8 Å². The van der Waals surface area contributed by atoms with E-state index in [0.717, 1.165) is 4.68 Å². The van der Waals surface area contributed by atoms with Gasteiger partial charge < -0.3 is 19.9 Å². The first-order chi connectivity index (χ1) is 12.8. The minimum absolute atomic E-state index is 0.0358. The predicted octanol–water partition coefficient (Wildman–Crippen LogP) is 1.35. The monoisotopic (exact) mass is 375 g/mol. The molecule has 0 fully saturated rings. The van der Waals surface area contributed by atoms with E-state index in [1.807, 2.05) is 0 Å². The second-order valence-corrected chi connectivity index (χ2v) is 5.41. The van der Waals surface area contributed by atoms with Gasteiger partial charge in [0.15, 0.2) is 0 Å². The number of esters is 2. The number of carbonyl (C=O) groups is 4. The van der Waals surface area contributed by atoms with Crippen molar-refractivity contribution in [1.82, 2.24) is 9.78 Å². The van der Waals surface area contributed by atoms with Crippen molar-refractivity contribution in [3.8, 4) is 0 Å². The molecule has 2 N–H and O–H groups in total. The number of aromatic carboxylic acids is 1. The SMILES string of the molecule is COC(=O)c1cc(NC(=O)C(C)n2nccc2C(=O)O)cc(C(=O)OC)c1. The zero-order valence-electron chi connectivity index (χ0n) is 14.8. The van der Waals surface area contributed by atoms with E-state index in [1.165, 1.54) is 51.6 Å². The van der Waals surface area contributed by atoms with Crippen LogP contribution in [0.3, 0.4) is 0 Å². The van der Waals surface area contributed by atoms with Gasteiger partial charge in [0.1, 0.15) is 11.7 Å². The van der Waals surface area contributed by atoms with E-state index in [2.05, 4.69) is 19.9 Å². The average molecular weight is 375 g/mol. The third-order valence-corrected chi connectivity index (χ3v) is 3.68. The summed E-state index contributed by atoms with van der Waals surface area (Å²) in [6, 6.07) is 4.22. The van der Waals surface area contributed by atoms with Gasteiger partial charge in [0.25, 0.3) is 0 Å². The van der Waals surface area contributed by atoms with Gasteiger partial charge >= 0.3 is 17.9 Å². The summed E-state index contributed by atoms with van der Waals surface area (Å²) in [6.45, 7) is 1.46. The number of anilines is 1. The van der Waals surface area contributed by atoms with Crippen LogP contribution < -0.4 is 5.32 Å². The van der Waals surface area contributed by atoms with Crippen molar-refractivity contribution in [2.75, 3.05) is 19.5 Å². The molecule has 10 nitrogen and oxygen atoms in total. The third kappa shape index (κ3) is 4.29. The highest BCUT2D eigenvalue weighted by atomic mass is 16.5. The van der Waals surface area contributed by atoms with Crippen molar-refractivity contribution in [2.45, 2.75) is 13.0 Å². The number of methoxy groups -OCH3 is 2. The maximum Gasteiger partial charge on any atom is 0.354 e. The van der Waals surface area contributed by atoms with Gasteiger partial charge in [-0.25, -0.2) is 19.1 Å². The van der Waals surface area contributed by atoms with Gasteiger partial charge in [-0.3, -0.25) is 4.79 Å². The molecular formula is C17H17N3O7. The Morgan fingerprint density at radius 3 is 2.11 bits per heavy atom. The number of hydrogen-bond donors (Lipinski definition) is 2. The lowest BCUT2D eigenvalue weighted by Gasteiger charge is -2.15. The van der Waals surface area contributed by atoms with E-state index < -0.39 is 29.9 Å². The highest BCUT2D eigenvalue weighted by molar-refractivity contribution is 6.00. The molecule has 2 aromatic rings. The summed E-state index contributed by atoms with van der Waals surface area (Å²) in [4.78, 5) is 47.2. The molecule has 1 amide bonds.